The monoisotopic (exact) mass is 161 g/mol. The number of rotatable bonds is 0. The van der Waals surface area contributed by atoms with Crippen molar-refractivity contribution in [3.63, 3.8) is 0 Å². The van der Waals surface area contributed by atoms with Crippen LogP contribution in [0, 0.1) is 0 Å². The zero-order chi connectivity index (χ0) is 8.97. The topological polar surface area (TPSA) is 12.4 Å². The molecule has 0 saturated carbocycles. The molecular weight excluding hydrogens is 146 g/mol. The Morgan fingerprint density at radius 1 is 1.17 bits per heavy atom. The Kier molecular flexibility index (Phi) is 3.03. The van der Waals surface area contributed by atoms with Gasteiger partial charge >= 0.3 is 0 Å². The Hall–Kier alpha value is -1.11. The molecule has 1 aliphatic rings. The summed E-state index contributed by atoms with van der Waals surface area (Å²) in [6, 6.07) is 8.71. The molecule has 1 unspecified atom stereocenters. The van der Waals surface area contributed by atoms with E-state index in [1.54, 1.807) is 0 Å². The lowest BCUT2D eigenvalue weighted by molar-refractivity contribution is 0.844. The number of fused-ring (bicyclic) bond motifs is 1. The van der Waals surface area contributed by atoms with Crippen molar-refractivity contribution in [2.45, 2.75) is 26.8 Å². The Bertz CT molecular complexity index is 276. The molecule has 0 saturated heterocycles. The van der Waals surface area contributed by atoms with Crippen LogP contribution >= 0.6 is 0 Å². The fraction of sp³-hybridized carbons (Fsp3) is 0.364. The SMILES string of the molecule is CC.CC1N=Cc2ccccc21. The van der Waals surface area contributed by atoms with E-state index >= 15 is 0 Å². The summed E-state index contributed by atoms with van der Waals surface area (Å²) in [5, 5.41) is 0. The molecule has 0 aliphatic carbocycles. The first kappa shape index (κ1) is 8.98. The van der Waals surface area contributed by atoms with E-state index in [0.29, 0.717) is 6.04 Å². The van der Waals surface area contributed by atoms with Gasteiger partial charge in [0.15, 0.2) is 0 Å². The first-order valence-electron chi connectivity index (χ1n) is 4.50. The Morgan fingerprint density at radius 3 is 2.50 bits per heavy atom. The van der Waals surface area contributed by atoms with Crippen LogP contribution in [-0.4, -0.2) is 6.21 Å². The van der Waals surface area contributed by atoms with Gasteiger partial charge in [-0.05, 0) is 18.1 Å². The van der Waals surface area contributed by atoms with Gasteiger partial charge in [0.2, 0.25) is 0 Å². The number of nitrogens with zero attached hydrogens (tertiary/aromatic N) is 1. The molecule has 1 aromatic carbocycles. The summed E-state index contributed by atoms with van der Waals surface area (Å²) in [6.45, 7) is 6.11. The van der Waals surface area contributed by atoms with Crippen molar-refractivity contribution in [3.05, 3.63) is 35.4 Å². The molecule has 0 aromatic heterocycles. The zero-order valence-corrected chi connectivity index (χ0v) is 7.91. The molecule has 0 bridgehead atoms. The van der Waals surface area contributed by atoms with Crippen LogP contribution in [0.5, 0.6) is 0 Å². The third kappa shape index (κ3) is 1.55. The van der Waals surface area contributed by atoms with Crippen LogP contribution in [0.2, 0.25) is 0 Å². The third-order valence-corrected chi connectivity index (χ3v) is 1.88. The van der Waals surface area contributed by atoms with Gasteiger partial charge in [0, 0.05) is 6.21 Å². The normalized spacial score (nSPS) is 18.1. The number of benzene rings is 1. The first-order chi connectivity index (χ1) is 5.88. The molecule has 1 aliphatic heterocycles. The van der Waals surface area contributed by atoms with E-state index in [1.165, 1.54) is 11.1 Å². The van der Waals surface area contributed by atoms with Crippen LogP contribution in [0.1, 0.15) is 37.9 Å². The van der Waals surface area contributed by atoms with E-state index in [9.17, 15) is 0 Å². The van der Waals surface area contributed by atoms with Crippen molar-refractivity contribution < 1.29 is 0 Å². The molecule has 0 N–H and O–H groups in total. The smallest absolute Gasteiger partial charge is 0.0727 e. The van der Waals surface area contributed by atoms with Gasteiger partial charge in [-0.3, -0.25) is 4.99 Å². The standard InChI is InChI=1S/C9H9N.C2H6/c1-7-9-5-3-2-4-8(9)6-10-7;1-2/h2-7H,1H3;1-2H3. The minimum absolute atomic E-state index is 0.371. The van der Waals surface area contributed by atoms with E-state index in [0.717, 1.165) is 0 Å². The predicted molar refractivity (Wildman–Crippen MR) is 53.8 cm³/mol. The summed E-state index contributed by atoms with van der Waals surface area (Å²) in [4.78, 5) is 4.28. The van der Waals surface area contributed by atoms with Gasteiger partial charge in [0.1, 0.15) is 0 Å². The molecule has 64 valence electrons. The van der Waals surface area contributed by atoms with Crippen LogP contribution in [0.4, 0.5) is 0 Å². The molecule has 0 amide bonds. The van der Waals surface area contributed by atoms with Gasteiger partial charge in [-0.15, -0.1) is 0 Å². The number of hydrogen-bond donors (Lipinski definition) is 0. The Morgan fingerprint density at radius 2 is 1.83 bits per heavy atom. The molecular formula is C11H15N. The molecule has 1 heterocycles. The van der Waals surface area contributed by atoms with Crippen molar-refractivity contribution in [1.82, 2.24) is 0 Å². The Labute approximate surface area is 74.2 Å². The summed E-state index contributed by atoms with van der Waals surface area (Å²) in [5.41, 5.74) is 2.62. The van der Waals surface area contributed by atoms with Crippen molar-refractivity contribution in [3.8, 4) is 0 Å². The minimum atomic E-state index is 0.371. The van der Waals surface area contributed by atoms with Crippen molar-refractivity contribution in [2.75, 3.05) is 0 Å². The van der Waals surface area contributed by atoms with E-state index in [2.05, 4.69) is 30.1 Å². The highest BCUT2D eigenvalue weighted by Crippen LogP contribution is 2.24. The van der Waals surface area contributed by atoms with Crippen molar-refractivity contribution >= 4 is 6.21 Å². The van der Waals surface area contributed by atoms with Gasteiger partial charge in [-0.1, -0.05) is 38.1 Å². The molecule has 0 fully saturated rings. The van der Waals surface area contributed by atoms with Gasteiger partial charge in [0.25, 0.3) is 0 Å². The highest BCUT2D eigenvalue weighted by Gasteiger charge is 2.11. The fourth-order valence-electron chi connectivity index (χ4n) is 1.28. The van der Waals surface area contributed by atoms with E-state index < -0.39 is 0 Å². The molecule has 0 radical (unpaired) electrons. The van der Waals surface area contributed by atoms with E-state index in [1.807, 2.05) is 26.1 Å². The first-order valence-corrected chi connectivity index (χ1v) is 4.50. The molecule has 1 atom stereocenters. The zero-order valence-electron chi connectivity index (χ0n) is 7.91. The predicted octanol–water partition coefficient (Wildman–Crippen LogP) is 3.21. The minimum Gasteiger partial charge on any atom is -0.285 e. The second kappa shape index (κ2) is 4.05. The van der Waals surface area contributed by atoms with Crippen LogP contribution in [-0.2, 0) is 0 Å². The second-order valence-corrected chi connectivity index (χ2v) is 2.58. The summed E-state index contributed by atoms with van der Waals surface area (Å²) >= 11 is 0. The summed E-state index contributed by atoms with van der Waals surface area (Å²) < 4.78 is 0. The average Bonchev–Trinajstić information content (AvgIpc) is 2.53. The lowest BCUT2D eigenvalue weighted by Crippen LogP contribution is -1.85. The summed E-state index contributed by atoms with van der Waals surface area (Å²) in [7, 11) is 0. The molecule has 1 heteroatoms. The van der Waals surface area contributed by atoms with Crippen LogP contribution in [0.15, 0.2) is 29.3 Å². The molecule has 1 nitrogen and oxygen atoms in total. The van der Waals surface area contributed by atoms with Gasteiger partial charge < -0.3 is 0 Å². The van der Waals surface area contributed by atoms with Gasteiger partial charge in [0.05, 0.1) is 6.04 Å². The van der Waals surface area contributed by atoms with Gasteiger partial charge in [-0.25, -0.2) is 0 Å². The lowest BCUT2D eigenvalue weighted by Gasteiger charge is -1.99. The maximum Gasteiger partial charge on any atom is 0.0727 e. The summed E-state index contributed by atoms with van der Waals surface area (Å²) in [6.07, 6.45) is 1.94. The quantitative estimate of drug-likeness (QED) is 0.554. The van der Waals surface area contributed by atoms with E-state index in [4.69, 9.17) is 0 Å². The van der Waals surface area contributed by atoms with Crippen LogP contribution < -0.4 is 0 Å². The molecule has 0 spiro atoms. The summed E-state index contributed by atoms with van der Waals surface area (Å²) in [5.74, 6) is 0. The molecule has 1 aromatic rings. The number of hydrogen-bond acceptors (Lipinski definition) is 1. The largest absolute Gasteiger partial charge is 0.285 e. The highest BCUT2D eigenvalue weighted by atomic mass is 14.8. The van der Waals surface area contributed by atoms with Crippen LogP contribution in [0.3, 0.4) is 0 Å². The van der Waals surface area contributed by atoms with Crippen molar-refractivity contribution in [2.24, 2.45) is 4.99 Å². The van der Waals surface area contributed by atoms with Crippen LogP contribution in [0.25, 0.3) is 0 Å². The lowest BCUT2D eigenvalue weighted by atomic mass is 10.1. The second-order valence-electron chi connectivity index (χ2n) is 2.58. The maximum absolute atomic E-state index is 4.28. The maximum atomic E-state index is 4.28. The average molecular weight is 161 g/mol. The van der Waals surface area contributed by atoms with Gasteiger partial charge in [-0.2, -0.15) is 0 Å². The number of aliphatic imine (C=N–C) groups is 1. The Balaban J connectivity index is 0.000000336. The highest BCUT2D eigenvalue weighted by molar-refractivity contribution is 5.85. The van der Waals surface area contributed by atoms with Crippen molar-refractivity contribution in [1.29, 1.82) is 0 Å². The third-order valence-electron chi connectivity index (χ3n) is 1.88. The van der Waals surface area contributed by atoms with E-state index in [-0.39, 0.29) is 0 Å². The molecule has 2 rings (SSSR count). The molecule has 12 heavy (non-hydrogen) atoms. The fourth-order valence-corrected chi connectivity index (χ4v) is 1.28.